The second-order valence-corrected chi connectivity index (χ2v) is 5.04. The van der Waals surface area contributed by atoms with E-state index in [-0.39, 0.29) is 12.5 Å². The summed E-state index contributed by atoms with van der Waals surface area (Å²) in [6, 6.07) is 9.45. The van der Waals surface area contributed by atoms with Gasteiger partial charge in [0.2, 0.25) is 0 Å². The summed E-state index contributed by atoms with van der Waals surface area (Å²) in [6.07, 6.45) is 4.40. The van der Waals surface area contributed by atoms with Gasteiger partial charge in [0, 0.05) is 12.7 Å². The van der Waals surface area contributed by atoms with Crippen LogP contribution in [-0.2, 0) is 4.79 Å². The molecule has 2 N–H and O–H groups in total. The summed E-state index contributed by atoms with van der Waals surface area (Å²) >= 11 is 0. The lowest BCUT2D eigenvalue weighted by atomic mass is 10.0. The highest BCUT2D eigenvalue weighted by Gasteiger charge is 2.18. The maximum atomic E-state index is 12.1. The van der Waals surface area contributed by atoms with Crippen molar-refractivity contribution in [2.24, 2.45) is 5.92 Å². The first-order chi connectivity index (χ1) is 10.6. The molecule has 22 heavy (non-hydrogen) atoms. The van der Waals surface area contributed by atoms with Crippen LogP contribution in [-0.4, -0.2) is 33.3 Å². The number of hydrogen-bond acceptors (Lipinski definition) is 3. The van der Waals surface area contributed by atoms with Crippen LogP contribution in [0.2, 0.25) is 0 Å². The highest BCUT2D eigenvalue weighted by atomic mass is 16.4. The first kappa shape index (κ1) is 15.8. The minimum Gasteiger partial charge on any atom is -0.481 e. The van der Waals surface area contributed by atoms with Crippen LogP contribution in [0.1, 0.15) is 30.1 Å². The quantitative estimate of drug-likeness (QED) is 0.820. The van der Waals surface area contributed by atoms with Gasteiger partial charge in [0.1, 0.15) is 0 Å². The van der Waals surface area contributed by atoms with Crippen molar-refractivity contribution in [1.82, 2.24) is 15.1 Å². The van der Waals surface area contributed by atoms with Crippen LogP contribution in [0.3, 0.4) is 0 Å². The SMILES string of the molecule is CCCC(CNC(=O)c1cnn(-c2ccccc2)c1)C(=O)O. The summed E-state index contributed by atoms with van der Waals surface area (Å²) in [5, 5.41) is 15.9. The molecule has 0 aliphatic rings. The van der Waals surface area contributed by atoms with Crippen molar-refractivity contribution in [2.45, 2.75) is 19.8 Å². The number of carbonyl (C=O) groups excluding carboxylic acids is 1. The van der Waals surface area contributed by atoms with E-state index in [1.54, 1.807) is 10.9 Å². The van der Waals surface area contributed by atoms with Crippen molar-refractivity contribution in [3.63, 3.8) is 0 Å². The van der Waals surface area contributed by atoms with E-state index in [1.807, 2.05) is 37.3 Å². The van der Waals surface area contributed by atoms with Crippen molar-refractivity contribution < 1.29 is 14.7 Å². The van der Waals surface area contributed by atoms with E-state index in [0.29, 0.717) is 12.0 Å². The van der Waals surface area contributed by atoms with E-state index in [4.69, 9.17) is 5.11 Å². The number of aromatic nitrogens is 2. The molecule has 6 nitrogen and oxygen atoms in total. The second kappa shape index (κ2) is 7.40. The van der Waals surface area contributed by atoms with Gasteiger partial charge in [-0.2, -0.15) is 5.10 Å². The van der Waals surface area contributed by atoms with Crippen molar-refractivity contribution in [3.8, 4) is 5.69 Å². The number of nitrogens with zero attached hydrogens (tertiary/aromatic N) is 2. The van der Waals surface area contributed by atoms with E-state index >= 15 is 0 Å². The molecular weight excluding hydrogens is 282 g/mol. The molecule has 0 fully saturated rings. The Hall–Kier alpha value is -2.63. The van der Waals surface area contributed by atoms with Crippen LogP contribution in [0.5, 0.6) is 0 Å². The number of para-hydroxylation sites is 1. The Bertz CT molecular complexity index is 637. The lowest BCUT2D eigenvalue weighted by molar-refractivity contribution is -0.141. The molecule has 0 bridgehead atoms. The molecule has 1 heterocycles. The Kier molecular flexibility index (Phi) is 5.30. The summed E-state index contributed by atoms with van der Waals surface area (Å²) in [4.78, 5) is 23.1. The number of aliphatic carboxylic acids is 1. The maximum Gasteiger partial charge on any atom is 0.308 e. The van der Waals surface area contributed by atoms with E-state index in [2.05, 4.69) is 10.4 Å². The van der Waals surface area contributed by atoms with Crippen molar-refractivity contribution in [2.75, 3.05) is 6.54 Å². The number of rotatable bonds is 7. The van der Waals surface area contributed by atoms with E-state index < -0.39 is 11.9 Å². The molecule has 1 atom stereocenters. The normalized spacial score (nSPS) is 11.9. The fourth-order valence-corrected chi connectivity index (χ4v) is 2.14. The van der Waals surface area contributed by atoms with Crippen LogP contribution >= 0.6 is 0 Å². The number of amides is 1. The highest BCUT2D eigenvalue weighted by molar-refractivity contribution is 5.94. The smallest absolute Gasteiger partial charge is 0.308 e. The van der Waals surface area contributed by atoms with E-state index in [9.17, 15) is 9.59 Å². The van der Waals surface area contributed by atoms with Gasteiger partial charge >= 0.3 is 5.97 Å². The number of carboxylic acid groups (broad SMARTS) is 1. The Morgan fingerprint density at radius 2 is 2.05 bits per heavy atom. The van der Waals surface area contributed by atoms with Crippen LogP contribution < -0.4 is 5.32 Å². The fourth-order valence-electron chi connectivity index (χ4n) is 2.14. The molecule has 0 saturated carbocycles. The van der Waals surface area contributed by atoms with Gasteiger partial charge < -0.3 is 10.4 Å². The zero-order valence-electron chi connectivity index (χ0n) is 12.4. The number of carboxylic acids is 1. The zero-order valence-corrected chi connectivity index (χ0v) is 12.4. The molecule has 0 spiro atoms. The lowest BCUT2D eigenvalue weighted by Crippen LogP contribution is -2.32. The van der Waals surface area contributed by atoms with Crippen LogP contribution in [0.4, 0.5) is 0 Å². The lowest BCUT2D eigenvalue weighted by Gasteiger charge is -2.11. The summed E-state index contributed by atoms with van der Waals surface area (Å²) in [5.41, 5.74) is 1.26. The molecule has 0 saturated heterocycles. The molecule has 1 amide bonds. The van der Waals surface area contributed by atoms with Crippen molar-refractivity contribution in [1.29, 1.82) is 0 Å². The van der Waals surface area contributed by atoms with Gasteiger partial charge in [0.25, 0.3) is 5.91 Å². The van der Waals surface area contributed by atoms with Gasteiger partial charge in [-0.1, -0.05) is 31.5 Å². The molecule has 0 radical (unpaired) electrons. The van der Waals surface area contributed by atoms with Crippen molar-refractivity contribution >= 4 is 11.9 Å². The van der Waals surface area contributed by atoms with Gasteiger partial charge in [-0.3, -0.25) is 9.59 Å². The van der Waals surface area contributed by atoms with E-state index in [1.165, 1.54) is 6.20 Å². The van der Waals surface area contributed by atoms with Crippen LogP contribution in [0, 0.1) is 5.92 Å². The molecule has 6 heteroatoms. The first-order valence-electron chi connectivity index (χ1n) is 7.23. The predicted molar refractivity (Wildman–Crippen MR) is 81.9 cm³/mol. The fraction of sp³-hybridized carbons (Fsp3) is 0.312. The zero-order chi connectivity index (χ0) is 15.9. The van der Waals surface area contributed by atoms with Gasteiger partial charge in [-0.25, -0.2) is 4.68 Å². The number of benzene rings is 1. The minimum absolute atomic E-state index is 0.124. The molecule has 1 aromatic carbocycles. The van der Waals surface area contributed by atoms with Crippen LogP contribution in [0.25, 0.3) is 5.69 Å². The summed E-state index contributed by atoms with van der Waals surface area (Å²) in [5.74, 6) is -1.76. The van der Waals surface area contributed by atoms with Gasteiger partial charge in [0.15, 0.2) is 0 Å². The van der Waals surface area contributed by atoms with Crippen LogP contribution in [0.15, 0.2) is 42.7 Å². The van der Waals surface area contributed by atoms with Crippen molar-refractivity contribution in [3.05, 3.63) is 48.3 Å². The molecule has 1 unspecified atom stereocenters. The molecule has 1 aromatic heterocycles. The highest BCUT2D eigenvalue weighted by Crippen LogP contribution is 2.09. The molecule has 116 valence electrons. The molecule has 0 aliphatic heterocycles. The minimum atomic E-state index is -0.887. The number of nitrogens with one attached hydrogen (secondary N) is 1. The monoisotopic (exact) mass is 301 g/mol. The van der Waals surface area contributed by atoms with Gasteiger partial charge in [-0.05, 0) is 18.6 Å². The Balaban J connectivity index is 1.99. The number of hydrogen-bond donors (Lipinski definition) is 2. The standard InChI is InChI=1S/C16H19N3O3/c1-2-6-12(16(21)22)9-17-15(20)13-10-18-19(11-13)14-7-4-3-5-8-14/h3-5,7-8,10-12H,2,6,9H2,1H3,(H,17,20)(H,21,22). The molecular formula is C16H19N3O3. The Morgan fingerprint density at radius 1 is 1.32 bits per heavy atom. The number of carbonyl (C=O) groups is 2. The largest absolute Gasteiger partial charge is 0.481 e. The summed E-state index contributed by atoms with van der Waals surface area (Å²) in [6.45, 7) is 2.04. The Morgan fingerprint density at radius 3 is 2.68 bits per heavy atom. The second-order valence-electron chi connectivity index (χ2n) is 5.04. The summed E-state index contributed by atoms with van der Waals surface area (Å²) in [7, 11) is 0. The summed E-state index contributed by atoms with van der Waals surface area (Å²) < 4.78 is 1.61. The maximum absolute atomic E-state index is 12.1. The third-order valence-electron chi connectivity index (χ3n) is 3.36. The topological polar surface area (TPSA) is 84.2 Å². The first-order valence-corrected chi connectivity index (χ1v) is 7.23. The Labute approximate surface area is 128 Å². The molecule has 2 rings (SSSR count). The van der Waals surface area contributed by atoms with Gasteiger partial charge in [-0.15, -0.1) is 0 Å². The van der Waals surface area contributed by atoms with Gasteiger partial charge in [0.05, 0.1) is 23.4 Å². The molecule has 0 aliphatic carbocycles. The van der Waals surface area contributed by atoms with E-state index in [0.717, 1.165) is 12.1 Å². The molecule has 2 aromatic rings. The third-order valence-corrected chi connectivity index (χ3v) is 3.36. The predicted octanol–water partition coefficient (Wildman–Crippen LogP) is 2.10. The average Bonchev–Trinajstić information content (AvgIpc) is 3.01. The third kappa shape index (κ3) is 3.94. The average molecular weight is 301 g/mol.